The SMILES string of the molecule is CCNC(=O)N1CCN(c2ccc3cccc(OC[C@H]4CCCN4c4ncnc5nc[nH]c45)c3c2)CC1. The second-order valence-electron chi connectivity index (χ2n) is 9.57. The molecule has 0 spiro atoms. The van der Waals surface area contributed by atoms with Gasteiger partial charge in [-0.2, -0.15) is 0 Å². The van der Waals surface area contributed by atoms with E-state index in [2.05, 4.69) is 65.4 Å². The molecule has 2 aliphatic rings. The fourth-order valence-corrected chi connectivity index (χ4v) is 5.43. The molecule has 2 amide bonds. The molecule has 0 aliphatic carbocycles. The van der Waals surface area contributed by atoms with Gasteiger partial charge < -0.3 is 29.7 Å². The van der Waals surface area contributed by atoms with Crippen LogP contribution in [0.5, 0.6) is 5.75 Å². The molecule has 2 N–H and O–H groups in total. The van der Waals surface area contributed by atoms with Crippen molar-refractivity contribution in [3.05, 3.63) is 49.1 Å². The molecule has 1 atom stereocenters. The number of nitrogens with one attached hydrogen (secondary N) is 2. The third-order valence-corrected chi connectivity index (χ3v) is 7.37. The van der Waals surface area contributed by atoms with E-state index in [-0.39, 0.29) is 12.1 Å². The lowest BCUT2D eigenvalue weighted by molar-refractivity contribution is 0.195. The van der Waals surface area contributed by atoms with E-state index in [0.29, 0.717) is 31.9 Å². The number of aromatic amines is 1. The molecule has 0 saturated carbocycles. The Labute approximate surface area is 215 Å². The standard InChI is InChI=1S/C27H32N8O2/c1-2-28-27(36)34-13-11-33(12-14-34)20-9-8-19-5-3-7-23(22(19)15-20)37-16-21-6-4-10-35(21)26-24-25(30-17-29-24)31-18-32-26/h3,5,7-9,15,17-18,21H,2,4,6,10-14,16H2,1H3,(H,28,36)(H,29,30,31,32)/t21-/m1/s1. The number of amides is 2. The Morgan fingerprint density at radius 3 is 2.86 bits per heavy atom. The van der Waals surface area contributed by atoms with E-state index in [1.54, 1.807) is 12.7 Å². The number of anilines is 2. The van der Waals surface area contributed by atoms with Crippen LogP contribution in [0.3, 0.4) is 0 Å². The highest BCUT2D eigenvalue weighted by Gasteiger charge is 2.28. The number of aromatic nitrogens is 4. The first-order chi connectivity index (χ1) is 18.2. The number of nitrogens with zero attached hydrogens (tertiary/aromatic N) is 6. The Balaban J connectivity index is 1.18. The summed E-state index contributed by atoms with van der Waals surface area (Å²) < 4.78 is 6.48. The van der Waals surface area contributed by atoms with E-state index in [4.69, 9.17) is 4.74 Å². The van der Waals surface area contributed by atoms with Crippen molar-refractivity contribution < 1.29 is 9.53 Å². The van der Waals surface area contributed by atoms with Crippen LogP contribution in [0, 0.1) is 0 Å². The van der Waals surface area contributed by atoms with Gasteiger partial charge in [0.05, 0.1) is 12.4 Å². The summed E-state index contributed by atoms with van der Waals surface area (Å²) in [4.78, 5) is 35.0. The minimum absolute atomic E-state index is 0.0209. The summed E-state index contributed by atoms with van der Waals surface area (Å²) >= 11 is 0. The van der Waals surface area contributed by atoms with Gasteiger partial charge in [-0.3, -0.25) is 0 Å². The monoisotopic (exact) mass is 500 g/mol. The van der Waals surface area contributed by atoms with Crippen molar-refractivity contribution in [3.63, 3.8) is 0 Å². The average Bonchev–Trinajstić information content (AvgIpc) is 3.61. The number of benzene rings is 2. The van der Waals surface area contributed by atoms with Gasteiger partial charge in [-0.25, -0.2) is 19.7 Å². The minimum Gasteiger partial charge on any atom is -0.491 e. The molecular weight excluding hydrogens is 468 g/mol. The lowest BCUT2D eigenvalue weighted by atomic mass is 10.1. The molecule has 0 bridgehead atoms. The number of rotatable bonds is 6. The van der Waals surface area contributed by atoms with Crippen LogP contribution in [0.15, 0.2) is 49.1 Å². The van der Waals surface area contributed by atoms with Crippen LogP contribution in [-0.4, -0.2) is 82.8 Å². The zero-order chi connectivity index (χ0) is 25.2. The normalized spacial score (nSPS) is 18.1. The maximum absolute atomic E-state index is 12.2. The Morgan fingerprint density at radius 2 is 2.00 bits per heavy atom. The number of hydrogen-bond donors (Lipinski definition) is 2. The number of carbonyl (C=O) groups is 1. The van der Waals surface area contributed by atoms with E-state index < -0.39 is 0 Å². The van der Waals surface area contributed by atoms with Gasteiger partial charge in [-0.15, -0.1) is 0 Å². The van der Waals surface area contributed by atoms with Crippen molar-refractivity contribution in [1.82, 2.24) is 30.2 Å². The first kappa shape index (κ1) is 23.3. The van der Waals surface area contributed by atoms with Gasteiger partial charge in [-0.1, -0.05) is 18.2 Å². The van der Waals surface area contributed by atoms with Crippen LogP contribution in [-0.2, 0) is 0 Å². The predicted molar refractivity (Wildman–Crippen MR) is 144 cm³/mol. The van der Waals surface area contributed by atoms with E-state index in [1.807, 2.05) is 17.9 Å². The van der Waals surface area contributed by atoms with E-state index >= 15 is 0 Å². The highest BCUT2D eigenvalue weighted by molar-refractivity contribution is 5.91. The number of urea groups is 1. The molecule has 6 rings (SSSR count). The number of hydrogen-bond acceptors (Lipinski definition) is 7. The van der Waals surface area contributed by atoms with Crippen molar-refractivity contribution in [2.24, 2.45) is 0 Å². The number of carbonyl (C=O) groups excluding carboxylic acids is 1. The van der Waals surface area contributed by atoms with Crippen molar-refractivity contribution in [2.45, 2.75) is 25.8 Å². The summed E-state index contributed by atoms with van der Waals surface area (Å²) in [5.74, 6) is 1.78. The van der Waals surface area contributed by atoms with Gasteiger partial charge in [0.1, 0.15) is 24.2 Å². The molecule has 2 saturated heterocycles. The fourth-order valence-electron chi connectivity index (χ4n) is 5.43. The predicted octanol–water partition coefficient (Wildman–Crippen LogP) is 3.41. The zero-order valence-electron chi connectivity index (χ0n) is 21.1. The van der Waals surface area contributed by atoms with E-state index in [1.165, 1.54) is 0 Å². The van der Waals surface area contributed by atoms with Crippen molar-refractivity contribution in [2.75, 3.05) is 55.7 Å². The highest BCUT2D eigenvalue weighted by Crippen LogP contribution is 2.32. The molecule has 2 fully saturated rings. The molecule has 10 nitrogen and oxygen atoms in total. The summed E-state index contributed by atoms with van der Waals surface area (Å²) in [6, 6.07) is 13.0. The maximum Gasteiger partial charge on any atom is 0.317 e. The number of imidazole rings is 1. The quantitative estimate of drug-likeness (QED) is 0.418. The molecular formula is C27H32N8O2. The number of fused-ring (bicyclic) bond motifs is 2. The van der Waals surface area contributed by atoms with Crippen molar-refractivity contribution >= 4 is 39.5 Å². The first-order valence-corrected chi connectivity index (χ1v) is 13.1. The van der Waals surface area contributed by atoms with Crippen molar-refractivity contribution in [3.8, 4) is 5.75 Å². The fraction of sp³-hybridized carbons (Fsp3) is 0.407. The Morgan fingerprint density at radius 1 is 1.11 bits per heavy atom. The first-order valence-electron chi connectivity index (χ1n) is 13.1. The van der Waals surface area contributed by atoms with Gasteiger partial charge >= 0.3 is 6.03 Å². The Bertz CT molecular complexity index is 1400. The molecule has 192 valence electrons. The van der Waals surface area contributed by atoms with Gasteiger partial charge in [0.25, 0.3) is 0 Å². The third kappa shape index (κ3) is 4.59. The van der Waals surface area contributed by atoms with Crippen LogP contribution in [0.25, 0.3) is 21.9 Å². The van der Waals surface area contributed by atoms with Gasteiger partial charge in [0, 0.05) is 50.3 Å². The molecule has 2 aromatic heterocycles. The number of piperazine rings is 1. The van der Waals surface area contributed by atoms with Gasteiger partial charge in [0.2, 0.25) is 0 Å². The molecule has 10 heteroatoms. The molecule has 0 radical (unpaired) electrons. The van der Waals surface area contributed by atoms with Crippen LogP contribution < -0.4 is 19.9 Å². The Hall–Kier alpha value is -4.08. The molecule has 37 heavy (non-hydrogen) atoms. The second kappa shape index (κ2) is 10.1. The topological polar surface area (TPSA) is 103 Å². The van der Waals surface area contributed by atoms with Crippen LogP contribution >= 0.6 is 0 Å². The lowest BCUT2D eigenvalue weighted by Gasteiger charge is -2.36. The molecule has 4 aromatic rings. The third-order valence-electron chi connectivity index (χ3n) is 7.37. The zero-order valence-corrected chi connectivity index (χ0v) is 21.1. The molecule has 2 aromatic carbocycles. The van der Waals surface area contributed by atoms with Gasteiger partial charge in [-0.05, 0) is 43.4 Å². The summed E-state index contributed by atoms with van der Waals surface area (Å²) in [6.07, 6.45) is 5.39. The summed E-state index contributed by atoms with van der Waals surface area (Å²) in [6.45, 7) is 7.15. The second-order valence-corrected chi connectivity index (χ2v) is 9.57. The highest BCUT2D eigenvalue weighted by atomic mass is 16.5. The minimum atomic E-state index is 0.0209. The number of H-pyrrole nitrogens is 1. The Kier molecular flexibility index (Phi) is 6.38. The summed E-state index contributed by atoms with van der Waals surface area (Å²) in [5.41, 5.74) is 2.71. The summed E-state index contributed by atoms with van der Waals surface area (Å²) in [7, 11) is 0. The van der Waals surface area contributed by atoms with Crippen LogP contribution in [0.2, 0.25) is 0 Å². The van der Waals surface area contributed by atoms with Crippen LogP contribution in [0.4, 0.5) is 16.3 Å². The maximum atomic E-state index is 12.2. The average molecular weight is 501 g/mol. The smallest absolute Gasteiger partial charge is 0.317 e. The lowest BCUT2D eigenvalue weighted by Crippen LogP contribution is -2.51. The number of ether oxygens (including phenoxy) is 1. The van der Waals surface area contributed by atoms with Gasteiger partial charge in [0.15, 0.2) is 11.5 Å². The van der Waals surface area contributed by atoms with Crippen molar-refractivity contribution in [1.29, 1.82) is 0 Å². The molecule has 4 heterocycles. The van der Waals surface area contributed by atoms with Crippen LogP contribution in [0.1, 0.15) is 19.8 Å². The van der Waals surface area contributed by atoms with E-state index in [9.17, 15) is 4.79 Å². The molecule has 0 unspecified atom stereocenters. The molecule has 2 aliphatic heterocycles. The largest absolute Gasteiger partial charge is 0.491 e. The van der Waals surface area contributed by atoms with E-state index in [0.717, 1.165) is 66.0 Å². The summed E-state index contributed by atoms with van der Waals surface area (Å²) in [5, 5.41) is 5.15.